The molecule has 1 aromatic heterocycles. The lowest BCUT2D eigenvalue weighted by atomic mass is 9.93. The second-order valence-corrected chi connectivity index (χ2v) is 6.24. The molecule has 1 aromatic rings. The highest BCUT2D eigenvalue weighted by molar-refractivity contribution is 5.86. The first kappa shape index (κ1) is 14.5. The number of amides is 2. The molecule has 20 heavy (non-hydrogen) atoms. The van der Waals surface area contributed by atoms with Crippen molar-refractivity contribution in [2.75, 3.05) is 6.54 Å². The Morgan fingerprint density at radius 1 is 1.40 bits per heavy atom. The van der Waals surface area contributed by atoms with Crippen LogP contribution in [0.2, 0.25) is 0 Å². The first-order valence-corrected chi connectivity index (χ1v) is 6.79. The number of rotatable bonds is 1. The van der Waals surface area contributed by atoms with E-state index in [1.165, 1.54) is 6.92 Å². The molecule has 0 bridgehead atoms. The van der Waals surface area contributed by atoms with Crippen LogP contribution in [0.5, 0.6) is 0 Å². The van der Waals surface area contributed by atoms with E-state index < -0.39 is 5.92 Å². The molecule has 1 aliphatic rings. The van der Waals surface area contributed by atoms with Crippen LogP contribution in [0.3, 0.4) is 0 Å². The third-order valence-corrected chi connectivity index (χ3v) is 3.28. The van der Waals surface area contributed by atoms with Crippen LogP contribution in [0.25, 0.3) is 0 Å². The zero-order valence-corrected chi connectivity index (χ0v) is 12.4. The molecule has 0 radical (unpaired) electrons. The van der Waals surface area contributed by atoms with E-state index in [1.54, 1.807) is 11.1 Å². The van der Waals surface area contributed by atoms with E-state index in [4.69, 9.17) is 0 Å². The van der Waals surface area contributed by atoms with Crippen LogP contribution in [0, 0.1) is 0 Å². The van der Waals surface area contributed by atoms with Crippen molar-refractivity contribution in [2.45, 2.75) is 45.7 Å². The SMILES string of the molecule is CC(=O)N1Cc2cccnc2C(C(=O)NC(C)(C)C)C1. The summed E-state index contributed by atoms with van der Waals surface area (Å²) in [4.78, 5) is 30.1. The van der Waals surface area contributed by atoms with Crippen LogP contribution in [-0.4, -0.2) is 33.8 Å². The van der Waals surface area contributed by atoms with Gasteiger partial charge in [0, 0.05) is 31.7 Å². The highest BCUT2D eigenvalue weighted by atomic mass is 16.2. The summed E-state index contributed by atoms with van der Waals surface area (Å²) < 4.78 is 0. The molecular weight excluding hydrogens is 254 g/mol. The topological polar surface area (TPSA) is 62.3 Å². The Morgan fingerprint density at radius 2 is 2.10 bits per heavy atom. The predicted molar refractivity (Wildman–Crippen MR) is 76.0 cm³/mol. The molecule has 0 saturated carbocycles. The van der Waals surface area contributed by atoms with Crippen LogP contribution in [-0.2, 0) is 16.1 Å². The fraction of sp³-hybridized carbons (Fsp3) is 0.533. The lowest BCUT2D eigenvalue weighted by Gasteiger charge is -2.34. The molecule has 108 valence electrons. The van der Waals surface area contributed by atoms with Gasteiger partial charge in [0.05, 0.1) is 11.6 Å². The second kappa shape index (κ2) is 5.23. The normalized spacial score (nSPS) is 18.4. The van der Waals surface area contributed by atoms with E-state index in [0.717, 1.165) is 11.3 Å². The Kier molecular flexibility index (Phi) is 3.79. The largest absolute Gasteiger partial charge is 0.351 e. The van der Waals surface area contributed by atoms with Gasteiger partial charge in [0.25, 0.3) is 0 Å². The Morgan fingerprint density at radius 3 is 2.70 bits per heavy atom. The quantitative estimate of drug-likeness (QED) is 0.843. The van der Waals surface area contributed by atoms with Crippen molar-refractivity contribution in [3.8, 4) is 0 Å². The predicted octanol–water partition coefficient (Wildman–Crippen LogP) is 1.44. The molecular formula is C15H21N3O2. The van der Waals surface area contributed by atoms with Crippen LogP contribution < -0.4 is 5.32 Å². The van der Waals surface area contributed by atoms with Crippen molar-refractivity contribution in [3.05, 3.63) is 29.6 Å². The Labute approximate surface area is 119 Å². The summed E-state index contributed by atoms with van der Waals surface area (Å²) in [6.07, 6.45) is 1.69. The molecule has 2 rings (SSSR count). The zero-order valence-electron chi connectivity index (χ0n) is 12.4. The average Bonchev–Trinajstić information content (AvgIpc) is 2.35. The van der Waals surface area contributed by atoms with Crippen molar-refractivity contribution < 1.29 is 9.59 Å². The van der Waals surface area contributed by atoms with E-state index in [2.05, 4.69) is 10.3 Å². The summed E-state index contributed by atoms with van der Waals surface area (Å²) in [7, 11) is 0. The Hall–Kier alpha value is -1.91. The molecule has 2 amide bonds. The molecule has 0 aliphatic carbocycles. The van der Waals surface area contributed by atoms with Gasteiger partial charge >= 0.3 is 0 Å². The molecule has 5 heteroatoms. The van der Waals surface area contributed by atoms with Crippen LogP contribution in [0.15, 0.2) is 18.3 Å². The molecule has 1 unspecified atom stereocenters. The molecule has 0 aromatic carbocycles. The zero-order chi connectivity index (χ0) is 14.9. The number of carbonyl (C=O) groups excluding carboxylic acids is 2. The number of nitrogens with one attached hydrogen (secondary N) is 1. The molecule has 0 spiro atoms. The van der Waals surface area contributed by atoms with Crippen molar-refractivity contribution >= 4 is 11.8 Å². The lowest BCUT2D eigenvalue weighted by Crippen LogP contribution is -2.48. The minimum atomic E-state index is -0.400. The minimum Gasteiger partial charge on any atom is -0.351 e. The third kappa shape index (κ3) is 3.15. The minimum absolute atomic E-state index is 0.0203. The molecule has 0 fully saturated rings. The number of nitrogens with zero attached hydrogens (tertiary/aromatic N) is 2. The number of pyridine rings is 1. The van der Waals surface area contributed by atoms with E-state index in [-0.39, 0.29) is 17.4 Å². The maximum atomic E-state index is 12.5. The van der Waals surface area contributed by atoms with Gasteiger partial charge in [-0.05, 0) is 32.4 Å². The summed E-state index contributed by atoms with van der Waals surface area (Å²) in [6, 6.07) is 3.76. The summed E-state index contributed by atoms with van der Waals surface area (Å²) >= 11 is 0. The first-order valence-electron chi connectivity index (χ1n) is 6.79. The Bertz CT molecular complexity index is 534. The fourth-order valence-corrected chi connectivity index (χ4v) is 2.38. The summed E-state index contributed by atoms with van der Waals surface area (Å²) in [5.74, 6) is -0.500. The van der Waals surface area contributed by atoms with E-state index >= 15 is 0 Å². The van der Waals surface area contributed by atoms with Crippen LogP contribution >= 0.6 is 0 Å². The molecule has 1 aliphatic heterocycles. The third-order valence-electron chi connectivity index (χ3n) is 3.28. The van der Waals surface area contributed by atoms with Gasteiger partial charge < -0.3 is 10.2 Å². The van der Waals surface area contributed by atoms with Gasteiger partial charge in [-0.15, -0.1) is 0 Å². The first-order chi connectivity index (χ1) is 9.28. The standard InChI is InChI=1S/C15H21N3O2/c1-10(19)18-8-11-6-5-7-16-13(11)12(9-18)14(20)17-15(2,3)4/h5-7,12H,8-9H2,1-4H3,(H,17,20). The summed E-state index contributed by atoms with van der Waals surface area (Å²) in [5, 5.41) is 2.97. The van der Waals surface area contributed by atoms with Gasteiger partial charge in [-0.1, -0.05) is 6.07 Å². The summed E-state index contributed by atoms with van der Waals surface area (Å²) in [6.45, 7) is 8.26. The molecule has 1 atom stereocenters. The van der Waals surface area contributed by atoms with Gasteiger partial charge in [0.15, 0.2) is 0 Å². The number of hydrogen-bond donors (Lipinski definition) is 1. The van der Waals surface area contributed by atoms with Gasteiger partial charge in [0.2, 0.25) is 11.8 Å². The second-order valence-electron chi connectivity index (χ2n) is 6.24. The maximum Gasteiger partial charge on any atom is 0.231 e. The number of fused-ring (bicyclic) bond motifs is 1. The van der Waals surface area contributed by atoms with Crippen molar-refractivity contribution in [1.29, 1.82) is 0 Å². The molecule has 2 heterocycles. The van der Waals surface area contributed by atoms with Crippen LogP contribution in [0.4, 0.5) is 0 Å². The molecule has 0 saturated heterocycles. The highest BCUT2D eigenvalue weighted by Gasteiger charge is 2.33. The smallest absolute Gasteiger partial charge is 0.231 e. The highest BCUT2D eigenvalue weighted by Crippen LogP contribution is 2.27. The van der Waals surface area contributed by atoms with Crippen LogP contribution in [0.1, 0.15) is 44.9 Å². The van der Waals surface area contributed by atoms with Crippen molar-refractivity contribution in [2.24, 2.45) is 0 Å². The molecule has 5 nitrogen and oxygen atoms in total. The van der Waals surface area contributed by atoms with Gasteiger partial charge in [-0.25, -0.2) is 0 Å². The molecule has 1 N–H and O–H groups in total. The van der Waals surface area contributed by atoms with E-state index in [0.29, 0.717) is 13.1 Å². The summed E-state index contributed by atoms with van der Waals surface area (Å²) in [5.41, 5.74) is 1.43. The number of carbonyl (C=O) groups is 2. The van der Waals surface area contributed by atoms with Gasteiger partial charge in [0.1, 0.15) is 0 Å². The van der Waals surface area contributed by atoms with E-state index in [9.17, 15) is 9.59 Å². The lowest BCUT2D eigenvalue weighted by molar-refractivity contribution is -0.132. The van der Waals surface area contributed by atoms with Crippen molar-refractivity contribution in [1.82, 2.24) is 15.2 Å². The van der Waals surface area contributed by atoms with E-state index in [1.807, 2.05) is 32.9 Å². The van der Waals surface area contributed by atoms with Gasteiger partial charge in [-0.2, -0.15) is 0 Å². The number of aromatic nitrogens is 1. The monoisotopic (exact) mass is 275 g/mol. The average molecular weight is 275 g/mol. The number of hydrogen-bond acceptors (Lipinski definition) is 3. The maximum absolute atomic E-state index is 12.5. The van der Waals surface area contributed by atoms with Gasteiger partial charge in [-0.3, -0.25) is 14.6 Å². The fourth-order valence-electron chi connectivity index (χ4n) is 2.38. The Balaban J connectivity index is 2.31. The van der Waals surface area contributed by atoms with Crippen molar-refractivity contribution in [3.63, 3.8) is 0 Å².